The monoisotopic (exact) mass is 352 g/mol. The van der Waals surface area contributed by atoms with E-state index in [-0.39, 0.29) is 0 Å². The molecule has 0 unspecified atom stereocenters. The van der Waals surface area contributed by atoms with E-state index in [1.165, 1.54) is 0 Å². The van der Waals surface area contributed by atoms with Gasteiger partial charge in [0.25, 0.3) is 0 Å². The van der Waals surface area contributed by atoms with Crippen LogP contribution in [0.25, 0.3) is 10.8 Å². The van der Waals surface area contributed by atoms with E-state index in [9.17, 15) is 10.5 Å². The van der Waals surface area contributed by atoms with E-state index < -0.39 is 0 Å². The average molecular weight is 352 g/mol. The molecule has 1 heterocycles. The zero-order valence-corrected chi connectivity index (χ0v) is 15.1. The van der Waals surface area contributed by atoms with Crippen molar-refractivity contribution in [1.29, 1.82) is 10.5 Å². The van der Waals surface area contributed by atoms with Crippen LogP contribution in [0.15, 0.2) is 60.7 Å². The SMILES string of the molecule is N#Cc1ccccc1CN1CCCCN1c1ccc(C#N)c2ccccc12. The third kappa shape index (κ3) is 3.24. The van der Waals surface area contributed by atoms with Crippen molar-refractivity contribution < 1.29 is 0 Å². The minimum absolute atomic E-state index is 0.702. The molecule has 27 heavy (non-hydrogen) atoms. The van der Waals surface area contributed by atoms with Crippen molar-refractivity contribution in [3.63, 3.8) is 0 Å². The first-order chi connectivity index (χ1) is 13.3. The Morgan fingerprint density at radius 2 is 1.44 bits per heavy atom. The summed E-state index contributed by atoms with van der Waals surface area (Å²) >= 11 is 0. The molecule has 4 nitrogen and oxygen atoms in total. The Balaban J connectivity index is 1.75. The summed E-state index contributed by atoms with van der Waals surface area (Å²) in [6, 6.07) is 24.5. The molecule has 0 saturated carbocycles. The van der Waals surface area contributed by atoms with Gasteiger partial charge in [-0.1, -0.05) is 42.5 Å². The molecule has 0 radical (unpaired) electrons. The molecule has 3 aromatic rings. The van der Waals surface area contributed by atoms with Crippen LogP contribution in [-0.4, -0.2) is 18.1 Å². The van der Waals surface area contributed by atoms with Gasteiger partial charge in [0.1, 0.15) is 0 Å². The van der Waals surface area contributed by atoms with E-state index in [4.69, 9.17) is 0 Å². The number of hydrazine groups is 1. The molecule has 0 spiro atoms. The van der Waals surface area contributed by atoms with Gasteiger partial charge in [-0.2, -0.15) is 10.5 Å². The molecule has 0 amide bonds. The number of hydrogen-bond acceptors (Lipinski definition) is 4. The summed E-state index contributed by atoms with van der Waals surface area (Å²) in [5, 5.41) is 25.6. The predicted molar refractivity (Wildman–Crippen MR) is 107 cm³/mol. The fraction of sp³-hybridized carbons (Fsp3) is 0.217. The zero-order chi connectivity index (χ0) is 18.6. The van der Waals surface area contributed by atoms with Gasteiger partial charge in [0, 0.05) is 30.4 Å². The van der Waals surface area contributed by atoms with E-state index in [1.807, 2.05) is 48.5 Å². The lowest BCUT2D eigenvalue weighted by Crippen LogP contribution is -2.47. The number of nitriles is 2. The molecule has 1 aliphatic heterocycles. The number of nitrogens with zero attached hydrogens (tertiary/aromatic N) is 4. The fourth-order valence-electron chi connectivity index (χ4n) is 3.82. The van der Waals surface area contributed by atoms with Gasteiger partial charge in [-0.15, -0.1) is 0 Å². The van der Waals surface area contributed by atoms with E-state index in [2.05, 4.69) is 34.3 Å². The zero-order valence-electron chi connectivity index (χ0n) is 15.1. The molecular formula is C23H20N4. The standard InChI is InChI=1S/C23H20N4/c24-15-18-7-1-2-8-20(18)17-26-13-5-6-14-27(26)23-12-11-19(16-25)21-9-3-4-10-22(21)23/h1-4,7-12H,5-6,13-14,17H2. The molecule has 132 valence electrons. The van der Waals surface area contributed by atoms with Gasteiger partial charge in [-0.25, -0.2) is 5.01 Å². The molecule has 1 fully saturated rings. The van der Waals surface area contributed by atoms with Gasteiger partial charge in [0.2, 0.25) is 0 Å². The fourth-order valence-corrected chi connectivity index (χ4v) is 3.82. The van der Waals surface area contributed by atoms with E-state index in [1.54, 1.807) is 0 Å². The highest BCUT2D eigenvalue weighted by Crippen LogP contribution is 2.32. The molecule has 0 bridgehead atoms. The van der Waals surface area contributed by atoms with Crippen molar-refractivity contribution in [2.45, 2.75) is 19.4 Å². The Hall–Kier alpha value is -3.34. The number of fused-ring (bicyclic) bond motifs is 1. The second-order valence-corrected chi connectivity index (χ2v) is 6.78. The highest BCUT2D eigenvalue weighted by molar-refractivity contribution is 5.97. The van der Waals surface area contributed by atoms with Gasteiger partial charge in [-0.05, 0) is 36.6 Å². The highest BCUT2D eigenvalue weighted by Gasteiger charge is 2.23. The Morgan fingerprint density at radius 3 is 2.26 bits per heavy atom. The second-order valence-electron chi connectivity index (χ2n) is 6.78. The minimum Gasteiger partial charge on any atom is -0.305 e. The lowest BCUT2D eigenvalue weighted by atomic mass is 10.0. The maximum atomic E-state index is 9.44. The average Bonchev–Trinajstić information content (AvgIpc) is 2.74. The summed E-state index contributed by atoms with van der Waals surface area (Å²) in [5.41, 5.74) is 3.60. The summed E-state index contributed by atoms with van der Waals surface area (Å²) in [7, 11) is 0. The van der Waals surface area contributed by atoms with Crippen LogP contribution in [0, 0.1) is 22.7 Å². The summed E-state index contributed by atoms with van der Waals surface area (Å²) in [5.74, 6) is 0. The van der Waals surface area contributed by atoms with Gasteiger partial charge < -0.3 is 5.01 Å². The number of anilines is 1. The van der Waals surface area contributed by atoms with Crippen molar-refractivity contribution >= 4 is 16.5 Å². The highest BCUT2D eigenvalue weighted by atomic mass is 15.6. The van der Waals surface area contributed by atoms with Crippen LogP contribution >= 0.6 is 0 Å². The quantitative estimate of drug-likeness (QED) is 0.691. The molecule has 4 heteroatoms. The molecule has 4 rings (SSSR count). The van der Waals surface area contributed by atoms with Crippen LogP contribution in [0.3, 0.4) is 0 Å². The molecule has 0 aliphatic carbocycles. The molecule has 0 aromatic heterocycles. The third-order valence-electron chi connectivity index (χ3n) is 5.17. The van der Waals surface area contributed by atoms with Crippen LogP contribution in [0.4, 0.5) is 5.69 Å². The Labute approximate surface area is 159 Å². The first-order valence-corrected chi connectivity index (χ1v) is 9.24. The predicted octanol–water partition coefficient (Wildman–Crippen LogP) is 4.60. The largest absolute Gasteiger partial charge is 0.305 e. The molecule has 1 saturated heterocycles. The first kappa shape index (κ1) is 17.1. The second kappa shape index (κ2) is 7.50. The third-order valence-corrected chi connectivity index (χ3v) is 5.17. The van der Waals surface area contributed by atoms with Crippen LogP contribution in [0.5, 0.6) is 0 Å². The first-order valence-electron chi connectivity index (χ1n) is 9.24. The van der Waals surface area contributed by atoms with Crippen LogP contribution in [-0.2, 0) is 6.54 Å². The molecule has 3 aromatic carbocycles. The molecular weight excluding hydrogens is 332 g/mol. The van der Waals surface area contributed by atoms with Crippen molar-refractivity contribution in [2.75, 3.05) is 18.1 Å². The van der Waals surface area contributed by atoms with E-state index in [0.717, 1.165) is 53.5 Å². The van der Waals surface area contributed by atoms with E-state index >= 15 is 0 Å². The van der Waals surface area contributed by atoms with Crippen molar-refractivity contribution in [1.82, 2.24) is 5.01 Å². The summed E-state index contributed by atoms with van der Waals surface area (Å²) in [6.45, 7) is 2.59. The summed E-state index contributed by atoms with van der Waals surface area (Å²) < 4.78 is 0. The van der Waals surface area contributed by atoms with Crippen molar-refractivity contribution in [3.8, 4) is 12.1 Å². The van der Waals surface area contributed by atoms with E-state index in [0.29, 0.717) is 12.1 Å². The van der Waals surface area contributed by atoms with Gasteiger partial charge in [0.05, 0.1) is 29.0 Å². The lowest BCUT2D eigenvalue weighted by molar-refractivity contribution is 0.205. The van der Waals surface area contributed by atoms with Gasteiger partial charge in [0.15, 0.2) is 0 Å². The minimum atomic E-state index is 0.702. The topological polar surface area (TPSA) is 54.1 Å². The number of hydrogen-bond donors (Lipinski definition) is 0. The van der Waals surface area contributed by atoms with Crippen LogP contribution in [0.1, 0.15) is 29.5 Å². The van der Waals surface area contributed by atoms with Crippen LogP contribution < -0.4 is 5.01 Å². The summed E-state index contributed by atoms with van der Waals surface area (Å²) in [6.07, 6.45) is 2.27. The Kier molecular flexibility index (Phi) is 4.75. The van der Waals surface area contributed by atoms with Crippen LogP contribution in [0.2, 0.25) is 0 Å². The lowest BCUT2D eigenvalue weighted by Gasteiger charge is -2.41. The van der Waals surface area contributed by atoms with Crippen molar-refractivity contribution in [3.05, 3.63) is 77.4 Å². The number of benzene rings is 3. The molecule has 0 N–H and O–H groups in total. The van der Waals surface area contributed by atoms with Gasteiger partial charge in [-0.3, -0.25) is 0 Å². The molecule has 0 atom stereocenters. The molecule has 1 aliphatic rings. The van der Waals surface area contributed by atoms with Crippen molar-refractivity contribution in [2.24, 2.45) is 0 Å². The maximum Gasteiger partial charge on any atom is 0.0998 e. The van der Waals surface area contributed by atoms with Gasteiger partial charge >= 0.3 is 0 Å². The number of rotatable bonds is 3. The summed E-state index contributed by atoms with van der Waals surface area (Å²) in [4.78, 5) is 0. The Morgan fingerprint density at radius 1 is 0.741 bits per heavy atom. The Bertz CT molecular complexity index is 1060. The maximum absolute atomic E-state index is 9.44. The smallest absolute Gasteiger partial charge is 0.0998 e. The normalized spacial score (nSPS) is 14.7.